The molecule has 1 saturated heterocycles. The summed E-state index contributed by atoms with van der Waals surface area (Å²) in [5, 5.41) is 13.7. The fourth-order valence-corrected chi connectivity index (χ4v) is 3.25. The standard InChI is InChI=1S/C14H19NO2/c1-17-12-4-2-3-11(13(12)16)14(6-7-14)10-5-8-15-9-10/h2-4,10,15-16H,5-9H2,1H3. The Labute approximate surface area is 102 Å². The normalized spacial score (nSPS) is 25.8. The molecule has 2 aliphatic rings. The van der Waals surface area contributed by atoms with Gasteiger partial charge in [-0.3, -0.25) is 0 Å². The van der Waals surface area contributed by atoms with Crippen molar-refractivity contribution in [2.45, 2.75) is 24.7 Å². The van der Waals surface area contributed by atoms with Gasteiger partial charge in [-0.05, 0) is 44.3 Å². The third-order valence-corrected chi connectivity index (χ3v) is 4.39. The predicted molar refractivity (Wildman–Crippen MR) is 66.5 cm³/mol. The van der Waals surface area contributed by atoms with Crippen LogP contribution in [-0.2, 0) is 5.41 Å². The Morgan fingerprint density at radius 1 is 1.41 bits per heavy atom. The third kappa shape index (κ3) is 1.61. The minimum atomic E-state index is 0.210. The summed E-state index contributed by atoms with van der Waals surface area (Å²) in [4.78, 5) is 0. The van der Waals surface area contributed by atoms with Crippen molar-refractivity contribution in [3.63, 3.8) is 0 Å². The molecule has 17 heavy (non-hydrogen) atoms. The molecule has 1 heterocycles. The van der Waals surface area contributed by atoms with E-state index in [-0.39, 0.29) is 5.41 Å². The molecule has 1 aromatic rings. The highest BCUT2D eigenvalue weighted by Crippen LogP contribution is 2.58. The molecular formula is C14H19NO2. The SMILES string of the molecule is COc1cccc(C2(C3CCNC3)CC2)c1O. The van der Waals surface area contributed by atoms with E-state index in [1.807, 2.05) is 12.1 Å². The molecule has 2 N–H and O–H groups in total. The van der Waals surface area contributed by atoms with E-state index in [9.17, 15) is 5.11 Å². The zero-order valence-corrected chi connectivity index (χ0v) is 10.2. The molecule has 1 atom stereocenters. The molecule has 0 spiro atoms. The summed E-state index contributed by atoms with van der Waals surface area (Å²) in [6.45, 7) is 2.19. The van der Waals surface area contributed by atoms with E-state index < -0.39 is 0 Å². The first kappa shape index (κ1) is 10.9. The van der Waals surface area contributed by atoms with Gasteiger partial charge in [0.25, 0.3) is 0 Å². The van der Waals surface area contributed by atoms with Crippen molar-refractivity contribution >= 4 is 0 Å². The van der Waals surface area contributed by atoms with Crippen molar-refractivity contribution < 1.29 is 9.84 Å². The molecule has 0 bridgehead atoms. The molecule has 0 radical (unpaired) electrons. The van der Waals surface area contributed by atoms with Gasteiger partial charge in [-0.15, -0.1) is 0 Å². The van der Waals surface area contributed by atoms with E-state index in [4.69, 9.17) is 4.74 Å². The van der Waals surface area contributed by atoms with Crippen LogP contribution < -0.4 is 10.1 Å². The summed E-state index contributed by atoms with van der Waals surface area (Å²) in [6.07, 6.45) is 3.61. The van der Waals surface area contributed by atoms with Crippen LogP contribution in [0, 0.1) is 5.92 Å². The van der Waals surface area contributed by atoms with Crippen molar-refractivity contribution in [2.24, 2.45) is 5.92 Å². The van der Waals surface area contributed by atoms with Gasteiger partial charge in [0.15, 0.2) is 11.5 Å². The summed E-state index contributed by atoms with van der Waals surface area (Å²) in [5.41, 5.74) is 1.30. The first-order valence-corrected chi connectivity index (χ1v) is 6.35. The van der Waals surface area contributed by atoms with Crippen LogP contribution in [0.15, 0.2) is 18.2 Å². The fraction of sp³-hybridized carbons (Fsp3) is 0.571. The lowest BCUT2D eigenvalue weighted by Gasteiger charge is -2.24. The minimum absolute atomic E-state index is 0.210. The lowest BCUT2D eigenvalue weighted by atomic mass is 9.81. The molecule has 1 unspecified atom stereocenters. The maximum Gasteiger partial charge on any atom is 0.161 e. The van der Waals surface area contributed by atoms with Crippen LogP contribution in [0.1, 0.15) is 24.8 Å². The highest BCUT2D eigenvalue weighted by Gasteiger charge is 2.52. The van der Waals surface area contributed by atoms with Gasteiger partial charge in [-0.2, -0.15) is 0 Å². The quantitative estimate of drug-likeness (QED) is 0.839. The second-order valence-corrected chi connectivity index (χ2v) is 5.20. The zero-order chi connectivity index (χ0) is 11.9. The first-order chi connectivity index (χ1) is 8.28. The Bertz CT molecular complexity index is 420. The Balaban J connectivity index is 1.98. The largest absolute Gasteiger partial charge is 0.504 e. The van der Waals surface area contributed by atoms with Gasteiger partial charge in [-0.1, -0.05) is 12.1 Å². The number of methoxy groups -OCH3 is 1. The molecule has 0 aromatic heterocycles. The van der Waals surface area contributed by atoms with Gasteiger partial charge in [0, 0.05) is 11.0 Å². The number of nitrogens with one attached hydrogen (secondary N) is 1. The maximum absolute atomic E-state index is 10.3. The Hall–Kier alpha value is -1.22. The van der Waals surface area contributed by atoms with Crippen molar-refractivity contribution in [3.05, 3.63) is 23.8 Å². The summed E-state index contributed by atoms with van der Waals surface area (Å²) in [5.74, 6) is 1.61. The molecule has 1 saturated carbocycles. The van der Waals surface area contributed by atoms with Crippen LogP contribution in [-0.4, -0.2) is 25.3 Å². The van der Waals surface area contributed by atoms with Gasteiger partial charge >= 0.3 is 0 Å². The minimum Gasteiger partial charge on any atom is -0.504 e. The van der Waals surface area contributed by atoms with E-state index >= 15 is 0 Å². The van der Waals surface area contributed by atoms with Crippen molar-refractivity contribution in [1.82, 2.24) is 5.32 Å². The first-order valence-electron chi connectivity index (χ1n) is 6.35. The molecule has 0 amide bonds. The lowest BCUT2D eigenvalue weighted by molar-refractivity contribution is 0.357. The van der Waals surface area contributed by atoms with Gasteiger partial charge in [0.05, 0.1) is 7.11 Å². The van der Waals surface area contributed by atoms with E-state index in [2.05, 4.69) is 11.4 Å². The monoisotopic (exact) mass is 233 g/mol. The van der Waals surface area contributed by atoms with Crippen LogP contribution in [0.5, 0.6) is 11.5 Å². The third-order valence-electron chi connectivity index (χ3n) is 4.39. The fourth-order valence-electron chi connectivity index (χ4n) is 3.25. The van der Waals surface area contributed by atoms with Crippen molar-refractivity contribution in [3.8, 4) is 11.5 Å². The molecule has 3 heteroatoms. The van der Waals surface area contributed by atoms with Gasteiger partial charge < -0.3 is 15.2 Å². The molecule has 1 aliphatic carbocycles. The Kier molecular flexibility index (Phi) is 2.51. The maximum atomic E-state index is 10.3. The number of rotatable bonds is 3. The van der Waals surface area contributed by atoms with E-state index in [0.717, 1.165) is 18.7 Å². The van der Waals surface area contributed by atoms with Crippen LogP contribution in [0.25, 0.3) is 0 Å². The zero-order valence-electron chi connectivity index (χ0n) is 10.2. The summed E-state index contributed by atoms with van der Waals surface area (Å²) in [7, 11) is 1.61. The number of hydrogen-bond donors (Lipinski definition) is 2. The highest BCUT2D eigenvalue weighted by atomic mass is 16.5. The van der Waals surface area contributed by atoms with E-state index in [0.29, 0.717) is 17.4 Å². The molecule has 1 aliphatic heterocycles. The van der Waals surface area contributed by atoms with Crippen LogP contribution in [0.2, 0.25) is 0 Å². The number of phenolic OH excluding ortho intramolecular Hbond substituents is 1. The molecular weight excluding hydrogens is 214 g/mol. The van der Waals surface area contributed by atoms with E-state index in [1.54, 1.807) is 7.11 Å². The van der Waals surface area contributed by atoms with Crippen LogP contribution >= 0.6 is 0 Å². The average Bonchev–Trinajstić information content (AvgIpc) is 2.96. The average molecular weight is 233 g/mol. The summed E-state index contributed by atoms with van der Waals surface area (Å²) in [6, 6.07) is 5.86. The van der Waals surface area contributed by atoms with Gasteiger partial charge in [0.2, 0.25) is 0 Å². The van der Waals surface area contributed by atoms with Gasteiger partial charge in [-0.25, -0.2) is 0 Å². The number of benzene rings is 1. The number of para-hydroxylation sites is 1. The molecule has 92 valence electrons. The molecule has 2 fully saturated rings. The number of phenols is 1. The van der Waals surface area contributed by atoms with Crippen LogP contribution in [0.3, 0.4) is 0 Å². The topological polar surface area (TPSA) is 41.5 Å². The van der Waals surface area contributed by atoms with Crippen LogP contribution in [0.4, 0.5) is 0 Å². The Morgan fingerprint density at radius 3 is 2.82 bits per heavy atom. The molecule has 1 aromatic carbocycles. The lowest BCUT2D eigenvalue weighted by Crippen LogP contribution is -2.23. The van der Waals surface area contributed by atoms with Crippen molar-refractivity contribution in [1.29, 1.82) is 0 Å². The number of ether oxygens (including phenoxy) is 1. The van der Waals surface area contributed by atoms with E-state index in [1.165, 1.54) is 19.3 Å². The summed E-state index contributed by atoms with van der Waals surface area (Å²) >= 11 is 0. The highest BCUT2D eigenvalue weighted by molar-refractivity contribution is 5.51. The van der Waals surface area contributed by atoms with Crippen molar-refractivity contribution in [2.75, 3.05) is 20.2 Å². The predicted octanol–water partition coefficient (Wildman–Crippen LogP) is 2.04. The smallest absolute Gasteiger partial charge is 0.161 e. The Morgan fingerprint density at radius 2 is 2.24 bits per heavy atom. The second-order valence-electron chi connectivity index (χ2n) is 5.20. The van der Waals surface area contributed by atoms with Gasteiger partial charge in [0.1, 0.15) is 0 Å². The second kappa shape index (κ2) is 3.91. The number of aromatic hydroxyl groups is 1. The number of hydrogen-bond acceptors (Lipinski definition) is 3. The molecule has 3 nitrogen and oxygen atoms in total. The summed E-state index contributed by atoms with van der Waals surface area (Å²) < 4.78 is 5.21. The molecule has 3 rings (SSSR count).